The number of aliphatic imine (C=N–C) groups is 1. The van der Waals surface area contributed by atoms with Crippen LogP contribution in [-0.2, 0) is 14.8 Å². The number of sulfonamides is 1. The van der Waals surface area contributed by atoms with E-state index in [2.05, 4.69) is 15.0 Å². The first-order chi connectivity index (χ1) is 15.4. The molecule has 0 saturated heterocycles. The molecule has 1 aliphatic rings. The van der Waals surface area contributed by atoms with Gasteiger partial charge in [-0.3, -0.25) is 14.5 Å². The summed E-state index contributed by atoms with van der Waals surface area (Å²) < 4.78 is 27.6. The summed E-state index contributed by atoms with van der Waals surface area (Å²) in [4.78, 5) is 18.5. The van der Waals surface area contributed by atoms with Crippen molar-refractivity contribution in [2.24, 2.45) is 4.99 Å². The van der Waals surface area contributed by atoms with Crippen LogP contribution in [0.2, 0.25) is 5.02 Å². The van der Waals surface area contributed by atoms with Gasteiger partial charge in [-0.2, -0.15) is 0 Å². The van der Waals surface area contributed by atoms with E-state index in [4.69, 9.17) is 11.6 Å². The number of carbonyl (C=O) groups is 1. The highest BCUT2D eigenvalue weighted by Gasteiger charge is 2.18. The number of benzene rings is 2. The van der Waals surface area contributed by atoms with Crippen LogP contribution in [0.5, 0.6) is 0 Å². The fraction of sp³-hybridized carbons (Fsp3) is 0.130. The van der Waals surface area contributed by atoms with Crippen LogP contribution in [0.1, 0.15) is 17.7 Å². The van der Waals surface area contributed by atoms with Crippen molar-refractivity contribution in [3.05, 3.63) is 76.6 Å². The lowest BCUT2D eigenvalue weighted by molar-refractivity contribution is -0.111. The molecule has 9 heteroatoms. The third-order valence-corrected chi connectivity index (χ3v) is 7.39. The highest BCUT2D eigenvalue weighted by Crippen LogP contribution is 2.30. The third kappa shape index (κ3) is 5.64. The van der Waals surface area contributed by atoms with Gasteiger partial charge in [-0.25, -0.2) is 8.42 Å². The second-order valence-corrected chi connectivity index (χ2v) is 10.3. The van der Waals surface area contributed by atoms with Crippen LogP contribution in [0, 0.1) is 0 Å². The van der Waals surface area contributed by atoms with Crippen LogP contribution >= 0.6 is 22.9 Å². The second-order valence-electron chi connectivity index (χ2n) is 7.10. The zero-order valence-electron chi connectivity index (χ0n) is 16.9. The zero-order chi connectivity index (χ0) is 22.6. The average Bonchev–Trinajstić information content (AvgIpc) is 3.44. The van der Waals surface area contributed by atoms with Gasteiger partial charge in [-0.15, -0.1) is 11.3 Å². The molecule has 4 rings (SSSR count). The number of nitrogens with one attached hydrogen (secondary N) is 2. The molecule has 0 bridgehead atoms. The summed E-state index contributed by atoms with van der Waals surface area (Å²) in [5.74, 6) is 0.112. The molecule has 32 heavy (non-hydrogen) atoms. The second kappa shape index (κ2) is 9.68. The first kappa shape index (κ1) is 22.3. The molecule has 0 unspecified atom stereocenters. The zero-order valence-corrected chi connectivity index (χ0v) is 19.3. The van der Waals surface area contributed by atoms with Crippen molar-refractivity contribution in [3.63, 3.8) is 0 Å². The van der Waals surface area contributed by atoms with Crippen LogP contribution in [0.3, 0.4) is 0 Å². The molecule has 0 atom stereocenters. The van der Waals surface area contributed by atoms with Crippen molar-refractivity contribution in [1.29, 1.82) is 0 Å². The summed E-state index contributed by atoms with van der Waals surface area (Å²) in [7, 11) is -3.74. The smallest absolute Gasteiger partial charge is 0.262 e. The summed E-state index contributed by atoms with van der Waals surface area (Å²) in [6.07, 6.45) is 4.59. The van der Waals surface area contributed by atoms with Crippen LogP contribution in [0.4, 0.5) is 5.69 Å². The number of nitrogens with zero attached hydrogens (tertiary/aromatic N) is 1. The molecular weight excluding hydrogens is 466 g/mol. The highest BCUT2D eigenvalue weighted by atomic mass is 35.5. The van der Waals surface area contributed by atoms with Crippen molar-refractivity contribution >= 4 is 56.5 Å². The molecule has 0 radical (unpaired) electrons. The molecule has 0 fully saturated rings. The quantitative estimate of drug-likeness (QED) is 0.471. The molecule has 2 aromatic carbocycles. The maximum absolute atomic E-state index is 12.6. The Kier molecular flexibility index (Phi) is 6.74. The Balaban J connectivity index is 1.41. The van der Waals surface area contributed by atoms with E-state index in [1.807, 2.05) is 36.4 Å². The molecule has 0 aliphatic carbocycles. The fourth-order valence-electron chi connectivity index (χ4n) is 3.16. The van der Waals surface area contributed by atoms with Gasteiger partial charge in [-0.1, -0.05) is 29.8 Å². The molecular formula is C23H20ClN3O3S2. The summed E-state index contributed by atoms with van der Waals surface area (Å²) in [5.41, 5.74) is 1.41. The van der Waals surface area contributed by atoms with E-state index >= 15 is 0 Å². The lowest BCUT2D eigenvalue weighted by Gasteiger charge is -2.09. The topological polar surface area (TPSA) is 87.6 Å². The molecule has 164 valence electrons. The van der Waals surface area contributed by atoms with Crippen molar-refractivity contribution in [2.45, 2.75) is 17.7 Å². The van der Waals surface area contributed by atoms with Gasteiger partial charge in [0.15, 0.2) is 0 Å². The highest BCUT2D eigenvalue weighted by molar-refractivity contribution is 7.90. The number of hydrogen-bond donors (Lipinski definition) is 2. The van der Waals surface area contributed by atoms with Crippen molar-refractivity contribution in [1.82, 2.24) is 4.72 Å². The summed E-state index contributed by atoms with van der Waals surface area (Å²) in [5, 5.41) is 3.37. The Morgan fingerprint density at radius 3 is 2.72 bits per heavy atom. The maximum Gasteiger partial charge on any atom is 0.262 e. The molecule has 2 heterocycles. The lowest BCUT2D eigenvalue weighted by Crippen LogP contribution is -2.29. The molecule has 0 saturated carbocycles. The van der Waals surface area contributed by atoms with Gasteiger partial charge in [0.25, 0.3) is 10.0 Å². The van der Waals surface area contributed by atoms with E-state index in [-0.39, 0.29) is 10.8 Å². The van der Waals surface area contributed by atoms with Gasteiger partial charge in [-0.05, 0) is 60.5 Å². The van der Waals surface area contributed by atoms with E-state index < -0.39 is 10.0 Å². The van der Waals surface area contributed by atoms with Gasteiger partial charge in [0.05, 0.1) is 4.90 Å². The van der Waals surface area contributed by atoms with Gasteiger partial charge in [0.1, 0.15) is 5.84 Å². The normalized spacial score (nSPS) is 13.8. The molecule has 1 aromatic heterocycles. The number of hydrogen-bond acceptors (Lipinski definition) is 5. The third-order valence-electron chi connectivity index (χ3n) is 4.67. The number of carbonyl (C=O) groups excluding carboxylic acids is 1. The summed E-state index contributed by atoms with van der Waals surface area (Å²) in [6, 6.07) is 17.6. The monoisotopic (exact) mass is 485 g/mol. The summed E-state index contributed by atoms with van der Waals surface area (Å²) >= 11 is 7.59. The van der Waals surface area contributed by atoms with Crippen LogP contribution < -0.4 is 10.0 Å². The Bertz CT molecular complexity index is 1310. The molecule has 1 aliphatic heterocycles. The largest absolute Gasteiger partial charge is 0.322 e. The fourth-order valence-corrected chi connectivity index (χ4v) is 5.39. The standard InChI is InChI=1S/C23H20ClN3O3S2/c24-17-5-1-4-16(14-17)21-11-9-19(31-21)10-12-23(28)26-18-6-2-7-20(15-18)32(29,30)27-22-8-3-13-25-22/h1-2,4-7,9-12,14-15H,3,8,13H2,(H,25,27)(H,26,28)/b12-10+. The van der Waals surface area contributed by atoms with E-state index in [1.54, 1.807) is 18.2 Å². The van der Waals surface area contributed by atoms with Crippen LogP contribution in [0.15, 0.2) is 76.6 Å². The Hall–Kier alpha value is -2.94. The van der Waals surface area contributed by atoms with Gasteiger partial charge in [0.2, 0.25) is 5.91 Å². The predicted molar refractivity (Wildman–Crippen MR) is 131 cm³/mol. The molecule has 6 nitrogen and oxygen atoms in total. The maximum atomic E-state index is 12.6. The van der Waals surface area contributed by atoms with Gasteiger partial charge < -0.3 is 5.32 Å². The van der Waals surface area contributed by atoms with E-state index in [9.17, 15) is 13.2 Å². The minimum absolute atomic E-state index is 0.0679. The number of amides is 1. The lowest BCUT2D eigenvalue weighted by atomic mass is 10.2. The first-order valence-electron chi connectivity index (χ1n) is 9.90. The Morgan fingerprint density at radius 2 is 1.94 bits per heavy atom. The summed E-state index contributed by atoms with van der Waals surface area (Å²) in [6.45, 7) is 0.630. The molecule has 3 aromatic rings. The average molecular weight is 486 g/mol. The van der Waals surface area contributed by atoms with Gasteiger partial charge >= 0.3 is 0 Å². The Labute approximate surface area is 195 Å². The van der Waals surface area contributed by atoms with Gasteiger partial charge in [0, 0.05) is 39.5 Å². The van der Waals surface area contributed by atoms with E-state index in [0.717, 1.165) is 21.7 Å². The first-order valence-corrected chi connectivity index (χ1v) is 12.6. The predicted octanol–water partition coefficient (Wildman–Crippen LogP) is 5.19. The number of rotatable bonds is 6. The molecule has 0 spiro atoms. The molecule has 2 N–H and O–H groups in total. The number of thiophene rings is 1. The molecule has 1 amide bonds. The minimum atomic E-state index is -3.74. The van der Waals surface area contributed by atoms with Crippen LogP contribution in [0.25, 0.3) is 16.5 Å². The van der Waals surface area contributed by atoms with Crippen molar-refractivity contribution < 1.29 is 13.2 Å². The van der Waals surface area contributed by atoms with E-state index in [1.165, 1.54) is 29.5 Å². The van der Waals surface area contributed by atoms with Crippen molar-refractivity contribution in [3.8, 4) is 10.4 Å². The Morgan fingerprint density at radius 1 is 1.09 bits per heavy atom. The van der Waals surface area contributed by atoms with Crippen molar-refractivity contribution in [2.75, 3.05) is 11.9 Å². The van der Waals surface area contributed by atoms with Crippen LogP contribution in [-0.4, -0.2) is 26.7 Å². The minimum Gasteiger partial charge on any atom is -0.322 e. The van der Waals surface area contributed by atoms with E-state index in [0.29, 0.717) is 29.5 Å². The SMILES string of the molecule is O=C(/C=C/c1ccc(-c2cccc(Cl)c2)s1)Nc1cccc(S(=O)(=O)NC2=NCCC2)c1. The number of amidine groups is 1. The number of anilines is 1. The number of halogens is 1.